The van der Waals surface area contributed by atoms with E-state index in [2.05, 4.69) is 192 Å². The van der Waals surface area contributed by atoms with Gasteiger partial charge in [0.2, 0.25) is 0 Å². The van der Waals surface area contributed by atoms with Crippen LogP contribution >= 0.6 is 0 Å². The summed E-state index contributed by atoms with van der Waals surface area (Å²) in [5.74, 6) is 0.625. The molecule has 2 heteroatoms. The molecule has 0 atom stereocenters. The summed E-state index contributed by atoms with van der Waals surface area (Å²) in [4.78, 5) is 4.92. The SMILES string of the molecule is CCC(CC)c1cc2ccccc2c2c1CCc1c(ccc3ccccc13)N2C.CN1c2cc3ccccc3cc2CCc2c(C(C)(C)C)cc3ccccc3c21. The first-order chi connectivity index (χ1) is 27.7. The van der Waals surface area contributed by atoms with Crippen molar-refractivity contribution in [1.82, 2.24) is 0 Å². The van der Waals surface area contributed by atoms with Crippen LogP contribution in [0.4, 0.5) is 22.7 Å². The first-order valence-electron chi connectivity index (χ1n) is 21.3. The summed E-state index contributed by atoms with van der Waals surface area (Å²) >= 11 is 0. The summed E-state index contributed by atoms with van der Waals surface area (Å²) < 4.78 is 0. The average Bonchev–Trinajstić information content (AvgIpc) is 3.47. The number of hydrogen-bond donors (Lipinski definition) is 0. The maximum atomic E-state index is 2.48. The minimum Gasteiger partial charge on any atom is -0.344 e. The molecule has 0 spiro atoms. The van der Waals surface area contributed by atoms with Gasteiger partial charge in [-0.15, -0.1) is 0 Å². The molecule has 2 aliphatic heterocycles. The fourth-order valence-electron chi connectivity index (χ4n) is 10.2. The summed E-state index contributed by atoms with van der Waals surface area (Å²) in [5, 5.41) is 10.8. The predicted octanol–water partition coefficient (Wildman–Crippen LogP) is 14.9. The third kappa shape index (κ3) is 6.44. The van der Waals surface area contributed by atoms with Gasteiger partial charge >= 0.3 is 0 Å². The van der Waals surface area contributed by atoms with Crippen molar-refractivity contribution in [2.45, 2.75) is 84.5 Å². The molecule has 8 aromatic carbocycles. The van der Waals surface area contributed by atoms with E-state index in [0.29, 0.717) is 5.92 Å². The molecule has 0 fully saturated rings. The molecule has 10 rings (SSSR count). The Morgan fingerprint density at radius 3 is 1.63 bits per heavy atom. The van der Waals surface area contributed by atoms with Gasteiger partial charge in [0.1, 0.15) is 0 Å². The van der Waals surface area contributed by atoms with Crippen molar-refractivity contribution in [2.75, 3.05) is 23.9 Å². The minimum absolute atomic E-state index is 0.121. The van der Waals surface area contributed by atoms with Crippen LogP contribution in [0, 0.1) is 0 Å². The number of nitrogens with zero attached hydrogens (tertiary/aromatic N) is 2. The molecule has 0 radical (unpaired) electrons. The molecule has 0 bridgehead atoms. The van der Waals surface area contributed by atoms with Gasteiger partial charge in [-0.25, -0.2) is 0 Å². The van der Waals surface area contributed by atoms with Gasteiger partial charge in [-0.3, -0.25) is 0 Å². The molecule has 0 unspecified atom stereocenters. The number of fused-ring (bicyclic) bond motifs is 11. The molecule has 286 valence electrons. The molecule has 2 aliphatic rings. The highest BCUT2D eigenvalue weighted by molar-refractivity contribution is 6.02. The van der Waals surface area contributed by atoms with E-state index in [1.54, 1.807) is 11.1 Å². The zero-order valence-corrected chi connectivity index (χ0v) is 34.9. The normalized spacial score (nSPS) is 13.8. The van der Waals surface area contributed by atoms with Gasteiger partial charge in [0.15, 0.2) is 0 Å². The standard InChI is InChI=1S/C28H29N.C27H27N/c1-4-19(5-2)26-18-21-11-7-9-13-23(21)28-25(26)16-15-24-22-12-8-6-10-20(22)14-17-27(24)29(28)3;1-27(2,3)24-16-20-11-7-8-12-22(20)26-23(24)14-13-21-15-18-9-5-6-10-19(18)17-25(21)28(26)4/h6-14,17-19H,4-5,15-16H2,1-3H3;5-12,15-17H,13-14H2,1-4H3. The smallest absolute Gasteiger partial charge is 0.0523 e. The highest BCUT2D eigenvalue weighted by Gasteiger charge is 2.28. The van der Waals surface area contributed by atoms with Gasteiger partial charge in [-0.1, -0.05) is 150 Å². The summed E-state index contributed by atoms with van der Waals surface area (Å²) in [6, 6.07) is 49.6. The van der Waals surface area contributed by atoms with Crippen LogP contribution in [0.3, 0.4) is 0 Å². The lowest BCUT2D eigenvalue weighted by Crippen LogP contribution is -2.18. The van der Waals surface area contributed by atoms with Crippen LogP contribution in [-0.2, 0) is 31.1 Å². The van der Waals surface area contributed by atoms with Gasteiger partial charge in [0.25, 0.3) is 0 Å². The lowest BCUT2D eigenvalue weighted by molar-refractivity contribution is 0.583. The summed E-state index contributed by atoms with van der Waals surface area (Å²) in [6.07, 6.45) is 6.76. The Morgan fingerprint density at radius 2 is 0.982 bits per heavy atom. The Bertz CT molecular complexity index is 2800. The molecule has 0 saturated carbocycles. The first kappa shape index (κ1) is 37.0. The maximum absolute atomic E-state index is 2.48. The van der Waals surface area contributed by atoms with E-state index in [9.17, 15) is 0 Å². The Kier molecular flexibility index (Phi) is 9.56. The highest BCUT2D eigenvalue weighted by Crippen LogP contribution is 2.47. The zero-order chi connectivity index (χ0) is 39.4. The van der Waals surface area contributed by atoms with E-state index in [-0.39, 0.29) is 5.41 Å². The van der Waals surface area contributed by atoms with Crippen LogP contribution < -0.4 is 9.80 Å². The predicted molar refractivity (Wildman–Crippen MR) is 249 cm³/mol. The molecular formula is C55H56N2. The van der Waals surface area contributed by atoms with E-state index in [1.807, 2.05) is 0 Å². The van der Waals surface area contributed by atoms with Crippen molar-refractivity contribution < 1.29 is 0 Å². The zero-order valence-electron chi connectivity index (χ0n) is 34.9. The second-order valence-corrected chi connectivity index (χ2v) is 17.5. The third-order valence-corrected chi connectivity index (χ3v) is 13.1. The number of rotatable bonds is 3. The highest BCUT2D eigenvalue weighted by atomic mass is 15.1. The second-order valence-electron chi connectivity index (χ2n) is 17.5. The molecule has 8 aromatic rings. The molecule has 0 amide bonds. The number of anilines is 4. The number of aryl methyl sites for hydroxylation is 2. The van der Waals surface area contributed by atoms with E-state index in [0.717, 1.165) is 25.7 Å². The lowest BCUT2D eigenvalue weighted by atomic mass is 9.80. The fraction of sp³-hybridized carbons (Fsp3) is 0.273. The Hall–Kier alpha value is -5.60. The van der Waals surface area contributed by atoms with Crippen molar-refractivity contribution in [1.29, 1.82) is 0 Å². The Balaban J connectivity index is 0.000000148. The topological polar surface area (TPSA) is 6.48 Å². The largest absolute Gasteiger partial charge is 0.344 e. The molecule has 0 aromatic heterocycles. The van der Waals surface area contributed by atoms with Gasteiger partial charge in [0, 0.05) is 36.2 Å². The summed E-state index contributed by atoms with van der Waals surface area (Å²) in [7, 11) is 4.51. The monoisotopic (exact) mass is 744 g/mol. The maximum Gasteiger partial charge on any atom is 0.0523 e. The molecule has 0 saturated heterocycles. The van der Waals surface area contributed by atoms with Crippen LogP contribution in [0.25, 0.3) is 43.1 Å². The molecule has 0 aliphatic carbocycles. The van der Waals surface area contributed by atoms with E-state index >= 15 is 0 Å². The van der Waals surface area contributed by atoms with Crippen LogP contribution in [0.2, 0.25) is 0 Å². The van der Waals surface area contributed by atoms with Crippen molar-refractivity contribution in [3.63, 3.8) is 0 Å². The van der Waals surface area contributed by atoms with E-state index in [4.69, 9.17) is 0 Å². The first-order valence-corrected chi connectivity index (χ1v) is 21.3. The average molecular weight is 745 g/mol. The van der Waals surface area contributed by atoms with Crippen molar-refractivity contribution in [3.05, 3.63) is 167 Å². The molecule has 0 N–H and O–H groups in total. The van der Waals surface area contributed by atoms with Crippen LogP contribution in [-0.4, -0.2) is 14.1 Å². The van der Waals surface area contributed by atoms with E-state index in [1.165, 1.54) is 101 Å². The molecule has 57 heavy (non-hydrogen) atoms. The molecule has 2 nitrogen and oxygen atoms in total. The summed E-state index contributed by atoms with van der Waals surface area (Å²) in [5.41, 5.74) is 14.7. The van der Waals surface area contributed by atoms with Crippen LogP contribution in [0.15, 0.2) is 133 Å². The Labute approximate surface area is 339 Å². The lowest BCUT2D eigenvalue weighted by Gasteiger charge is -2.29. The number of benzene rings is 8. The number of hydrogen-bond acceptors (Lipinski definition) is 2. The van der Waals surface area contributed by atoms with E-state index < -0.39 is 0 Å². The quantitative estimate of drug-likeness (QED) is 0.178. The van der Waals surface area contributed by atoms with Gasteiger partial charge in [-0.05, 0) is 134 Å². The van der Waals surface area contributed by atoms with Crippen molar-refractivity contribution in [3.8, 4) is 0 Å². The minimum atomic E-state index is 0.121. The van der Waals surface area contributed by atoms with Crippen LogP contribution in [0.1, 0.15) is 86.8 Å². The van der Waals surface area contributed by atoms with Gasteiger partial charge in [-0.2, -0.15) is 0 Å². The second kappa shape index (κ2) is 14.7. The van der Waals surface area contributed by atoms with Crippen molar-refractivity contribution in [2.24, 2.45) is 0 Å². The van der Waals surface area contributed by atoms with Gasteiger partial charge in [0.05, 0.1) is 11.4 Å². The fourth-order valence-corrected chi connectivity index (χ4v) is 10.2. The Morgan fingerprint density at radius 1 is 0.474 bits per heavy atom. The van der Waals surface area contributed by atoms with Crippen LogP contribution in [0.5, 0.6) is 0 Å². The molecule has 2 heterocycles. The molecular weight excluding hydrogens is 689 g/mol. The van der Waals surface area contributed by atoms with Gasteiger partial charge < -0.3 is 9.80 Å². The van der Waals surface area contributed by atoms with Crippen molar-refractivity contribution >= 4 is 65.8 Å². The summed E-state index contributed by atoms with van der Waals surface area (Å²) in [6.45, 7) is 11.7. The third-order valence-electron chi connectivity index (χ3n) is 13.1.